The fourth-order valence-electron chi connectivity index (χ4n) is 1.44. The first-order valence-corrected chi connectivity index (χ1v) is 4.52. The monoisotopic (exact) mass is 223 g/mol. The van der Waals surface area contributed by atoms with Gasteiger partial charge in [-0.1, -0.05) is 17.7 Å². The molecule has 0 radical (unpaired) electrons. The number of nitrogens with one attached hydrogen (secondary N) is 1. The molecule has 1 aromatic carbocycles. The van der Waals surface area contributed by atoms with Crippen LogP contribution < -0.4 is 5.56 Å². The fraction of sp³-hybridized carbons (Fsp3) is 0. The molecule has 0 atom stereocenters. The number of aromatic carboxylic acids is 1. The Labute approximate surface area is 89.1 Å². The molecule has 0 aliphatic heterocycles. The maximum Gasteiger partial charge on any atom is 0.336 e. The van der Waals surface area contributed by atoms with Crippen LogP contribution in [0.1, 0.15) is 10.4 Å². The van der Waals surface area contributed by atoms with Gasteiger partial charge in [0.1, 0.15) is 0 Å². The van der Waals surface area contributed by atoms with E-state index in [9.17, 15) is 9.59 Å². The zero-order valence-electron chi connectivity index (χ0n) is 7.45. The third-order valence-electron chi connectivity index (χ3n) is 2.05. The van der Waals surface area contributed by atoms with Crippen LogP contribution in [0.4, 0.5) is 0 Å². The average Bonchev–Trinajstić information content (AvgIpc) is 2.16. The lowest BCUT2D eigenvalue weighted by Crippen LogP contribution is -2.10. The SMILES string of the molecule is O=C(O)c1cc(=O)[nH]c2cccc(Cl)c12. The van der Waals surface area contributed by atoms with Gasteiger partial charge in [0.05, 0.1) is 16.1 Å². The van der Waals surface area contributed by atoms with Crippen LogP contribution in [-0.2, 0) is 0 Å². The number of carboxylic acid groups (broad SMARTS) is 1. The van der Waals surface area contributed by atoms with Gasteiger partial charge in [-0.2, -0.15) is 0 Å². The zero-order chi connectivity index (χ0) is 11.0. The van der Waals surface area contributed by atoms with Crippen molar-refractivity contribution < 1.29 is 9.90 Å². The average molecular weight is 224 g/mol. The molecule has 1 aromatic heterocycles. The Bertz CT molecular complexity index is 603. The highest BCUT2D eigenvalue weighted by Crippen LogP contribution is 2.24. The van der Waals surface area contributed by atoms with Crippen LogP contribution in [0, 0.1) is 0 Å². The number of carboxylic acids is 1. The van der Waals surface area contributed by atoms with Crippen LogP contribution in [0.25, 0.3) is 10.9 Å². The summed E-state index contributed by atoms with van der Waals surface area (Å²) in [6.07, 6.45) is 0. The molecule has 0 bridgehead atoms. The maximum absolute atomic E-state index is 11.2. The number of benzene rings is 1. The summed E-state index contributed by atoms with van der Waals surface area (Å²) in [4.78, 5) is 24.6. The highest BCUT2D eigenvalue weighted by Gasteiger charge is 2.12. The van der Waals surface area contributed by atoms with Crippen molar-refractivity contribution in [3.8, 4) is 0 Å². The van der Waals surface area contributed by atoms with Crippen LogP contribution in [0.15, 0.2) is 29.1 Å². The molecule has 4 nitrogen and oxygen atoms in total. The number of hydrogen-bond acceptors (Lipinski definition) is 2. The molecule has 15 heavy (non-hydrogen) atoms. The fourth-order valence-corrected chi connectivity index (χ4v) is 1.72. The molecule has 2 aromatic rings. The van der Waals surface area contributed by atoms with Gasteiger partial charge in [0.25, 0.3) is 0 Å². The normalized spacial score (nSPS) is 10.5. The molecule has 0 aliphatic rings. The number of aromatic amines is 1. The number of halogens is 1. The van der Waals surface area contributed by atoms with Gasteiger partial charge in [0.15, 0.2) is 0 Å². The van der Waals surface area contributed by atoms with Crippen molar-refractivity contribution in [1.82, 2.24) is 4.98 Å². The molecule has 0 amide bonds. The highest BCUT2D eigenvalue weighted by atomic mass is 35.5. The number of hydrogen-bond donors (Lipinski definition) is 2. The number of carbonyl (C=O) groups is 1. The predicted octanol–water partition coefficient (Wildman–Crippen LogP) is 1.88. The topological polar surface area (TPSA) is 70.2 Å². The summed E-state index contributed by atoms with van der Waals surface area (Å²) in [5.74, 6) is -1.17. The van der Waals surface area contributed by atoms with Crippen LogP contribution in [-0.4, -0.2) is 16.1 Å². The Balaban J connectivity index is 3.01. The molecule has 5 heteroatoms. The van der Waals surface area contributed by atoms with Crippen molar-refractivity contribution in [3.05, 3.63) is 45.2 Å². The second-order valence-corrected chi connectivity index (χ2v) is 3.42. The first-order chi connectivity index (χ1) is 7.09. The molecule has 1 heterocycles. The van der Waals surface area contributed by atoms with E-state index in [-0.39, 0.29) is 5.56 Å². The minimum atomic E-state index is -1.17. The van der Waals surface area contributed by atoms with Crippen LogP contribution in [0.5, 0.6) is 0 Å². The van der Waals surface area contributed by atoms with Gasteiger partial charge in [0.2, 0.25) is 5.56 Å². The Hall–Kier alpha value is -1.81. The molecular weight excluding hydrogens is 218 g/mol. The lowest BCUT2D eigenvalue weighted by molar-refractivity contribution is 0.0699. The van der Waals surface area contributed by atoms with Gasteiger partial charge >= 0.3 is 5.97 Å². The highest BCUT2D eigenvalue weighted by molar-refractivity contribution is 6.36. The van der Waals surface area contributed by atoms with E-state index in [4.69, 9.17) is 16.7 Å². The first kappa shape index (κ1) is 9.73. The number of aromatic nitrogens is 1. The summed E-state index contributed by atoms with van der Waals surface area (Å²) < 4.78 is 0. The summed E-state index contributed by atoms with van der Waals surface area (Å²) in [7, 11) is 0. The summed E-state index contributed by atoms with van der Waals surface area (Å²) in [6.45, 7) is 0. The van der Waals surface area contributed by atoms with E-state index in [1.165, 1.54) is 0 Å². The van der Waals surface area contributed by atoms with Gasteiger partial charge < -0.3 is 10.1 Å². The molecule has 2 N–H and O–H groups in total. The number of rotatable bonds is 1. The Morgan fingerprint density at radius 3 is 2.80 bits per heavy atom. The molecule has 0 saturated carbocycles. The van der Waals surface area contributed by atoms with E-state index in [0.717, 1.165) is 6.07 Å². The number of pyridine rings is 1. The Morgan fingerprint density at radius 1 is 1.40 bits per heavy atom. The molecule has 0 fully saturated rings. The molecule has 0 aliphatic carbocycles. The third kappa shape index (κ3) is 1.59. The van der Waals surface area contributed by atoms with Crippen molar-refractivity contribution in [2.24, 2.45) is 0 Å². The summed E-state index contributed by atoms with van der Waals surface area (Å²) >= 11 is 5.87. The van der Waals surface area contributed by atoms with Gasteiger partial charge in [-0.3, -0.25) is 4.79 Å². The molecule has 76 valence electrons. The minimum absolute atomic E-state index is 0.0839. The summed E-state index contributed by atoms with van der Waals surface area (Å²) in [6, 6.07) is 5.85. The maximum atomic E-state index is 11.2. The number of H-pyrrole nitrogens is 1. The van der Waals surface area contributed by atoms with E-state index < -0.39 is 11.5 Å². The quantitative estimate of drug-likeness (QED) is 0.776. The first-order valence-electron chi connectivity index (χ1n) is 4.14. The summed E-state index contributed by atoms with van der Waals surface area (Å²) in [5.41, 5.74) is -0.117. The second kappa shape index (κ2) is 3.40. The Morgan fingerprint density at radius 2 is 2.13 bits per heavy atom. The Kier molecular flexibility index (Phi) is 2.21. The van der Waals surface area contributed by atoms with E-state index in [2.05, 4.69) is 4.98 Å². The van der Waals surface area contributed by atoms with Crippen LogP contribution in [0.3, 0.4) is 0 Å². The van der Waals surface area contributed by atoms with Crippen molar-refractivity contribution in [2.45, 2.75) is 0 Å². The molecule has 0 unspecified atom stereocenters. The smallest absolute Gasteiger partial charge is 0.336 e. The second-order valence-electron chi connectivity index (χ2n) is 3.01. The van der Waals surface area contributed by atoms with E-state index >= 15 is 0 Å². The van der Waals surface area contributed by atoms with Gasteiger partial charge in [-0.25, -0.2) is 4.79 Å². The van der Waals surface area contributed by atoms with Crippen LogP contribution in [0.2, 0.25) is 5.02 Å². The predicted molar refractivity (Wildman–Crippen MR) is 56.5 cm³/mol. The molecule has 0 saturated heterocycles. The van der Waals surface area contributed by atoms with Crippen molar-refractivity contribution in [3.63, 3.8) is 0 Å². The third-order valence-corrected chi connectivity index (χ3v) is 2.36. The number of fused-ring (bicyclic) bond motifs is 1. The largest absolute Gasteiger partial charge is 0.478 e. The molecule has 2 rings (SSSR count). The minimum Gasteiger partial charge on any atom is -0.478 e. The van der Waals surface area contributed by atoms with E-state index in [0.29, 0.717) is 15.9 Å². The van der Waals surface area contributed by atoms with E-state index in [1.807, 2.05) is 0 Å². The van der Waals surface area contributed by atoms with E-state index in [1.54, 1.807) is 18.2 Å². The van der Waals surface area contributed by atoms with Crippen LogP contribution >= 0.6 is 11.6 Å². The zero-order valence-corrected chi connectivity index (χ0v) is 8.21. The lowest BCUT2D eigenvalue weighted by atomic mass is 10.1. The molecule has 0 spiro atoms. The van der Waals surface area contributed by atoms with Gasteiger partial charge in [-0.15, -0.1) is 0 Å². The summed E-state index contributed by atoms with van der Waals surface area (Å²) in [5, 5.41) is 9.58. The lowest BCUT2D eigenvalue weighted by Gasteiger charge is -2.03. The van der Waals surface area contributed by atoms with Crippen molar-refractivity contribution in [2.75, 3.05) is 0 Å². The van der Waals surface area contributed by atoms with Gasteiger partial charge in [-0.05, 0) is 12.1 Å². The standard InChI is InChI=1S/C10H6ClNO3/c11-6-2-1-3-7-9(6)5(10(14)15)4-8(13)12-7/h1-4H,(H,12,13)(H,14,15). The van der Waals surface area contributed by atoms with Crippen molar-refractivity contribution in [1.29, 1.82) is 0 Å². The van der Waals surface area contributed by atoms with Crippen molar-refractivity contribution >= 4 is 28.5 Å². The molecular formula is C10H6ClNO3. The van der Waals surface area contributed by atoms with Gasteiger partial charge in [0, 0.05) is 11.5 Å².